The first-order chi connectivity index (χ1) is 7.48. The van der Waals surface area contributed by atoms with Gasteiger partial charge in [0.05, 0.1) is 0 Å². The van der Waals surface area contributed by atoms with Crippen LogP contribution in [0.4, 0.5) is 0 Å². The SMILES string of the molecule is CCCC[Si](O)(O)CCCCCCC(C)N. The minimum atomic E-state index is -2.83. The molecule has 4 N–H and O–H groups in total. The summed E-state index contributed by atoms with van der Waals surface area (Å²) in [5.41, 5.74) is 5.66. The summed E-state index contributed by atoms with van der Waals surface area (Å²) in [5.74, 6) is 0. The largest absolute Gasteiger partial charge is 0.411 e. The van der Waals surface area contributed by atoms with Crippen molar-refractivity contribution in [1.29, 1.82) is 0 Å². The molecular formula is C12H29NO2Si. The zero-order valence-corrected chi connectivity index (χ0v) is 11.9. The van der Waals surface area contributed by atoms with E-state index in [1.807, 2.05) is 6.92 Å². The molecule has 0 bridgehead atoms. The van der Waals surface area contributed by atoms with Gasteiger partial charge in [0.2, 0.25) is 0 Å². The van der Waals surface area contributed by atoms with Crippen LogP contribution in [0.25, 0.3) is 0 Å². The van der Waals surface area contributed by atoms with Gasteiger partial charge < -0.3 is 15.3 Å². The van der Waals surface area contributed by atoms with Gasteiger partial charge in [0.25, 0.3) is 0 Å². The van der Waals surface area contributed by atoms with Gasteiger partial charge in [-0.25, -0.2) is 0 Å². The first kappa shape index (κ1) is 16.1. The normalized spacial score (nSPS) is 14.1. The summed E-state index contributed by atoms with van der Waals surface area (Å²) in [4.78, 5) is 19.5. The molecule has 0 rings (SSSR count). The average molecular weight is 247 g/mol. The molecule has 0 aliphatic rings. The van der Waals surface area contributed by atoms with Gasteiger partial charge in [-0.2, -0.15) is 0 Å². The number of hydrogen-bond acceptors (Lipinski definition) is 3. The molecule has 1 unspecified atom stereocenters. The van der Waals surface area contributed by atoms with Crippen LogP contribution in [0.5, 0.6) is 0 Å². The minimum absolute atomic E-state index is 0.300. The first-order valence-electron chi connectivity index (χ1n) is 6.68. The van der Waals surface area contributed by atoms with Gasteiger partial charge in [0.1, 0.15) is 0 Å². The fraction of sp³-hybridized carbons (Fsp3) is 1.00. The van der Waals surface area contributed by atoms with E-state index in [1.54, 1.807) is 0 Å². The van der Waals surface area contributed by atoms with E-state index in [9.17, 15) is 9.59 Å². The van der Waals surface area contributed by atoms with Gasteiger partial charge in [-0.15, -0.1) is 0 Å². The molecule has 0 aromatic heterocycles. The maximum atomic E-state index is 9.76. The van der Waals surface area contributed by atoms with Crippen molar-refractivity contribution < 1.29 is 9.59 Å². The lowest BCUT2D eigenvalue weighted by molar-refractivity contribution is 0.351. The van der Waals surface area contributed by atoms with E-state index in [1.165, 1.54) is 6.42 Å². The van der Waals surface area contributed by atoms with Crippen LogP contribution < -0.4 is 5.73 Å². The van der Waals surface area contributed by atoms with Crippen molar-refractivity contribution in [2.75, 3.05) is 0 Å². The molecule has 0 aliphatic carbocycles. The Balaban J connectivity index is 3.35. The topological polar surface area (TPSA) is 66.5 Å². The van der Waals surface area contributed by atoms with Crippen molar-refractivity contribution >= 4 is 8.56 Å². The van der Waals surface area contributed by atoms with E-state index in [-0.39, 0.29) is 0 Å². The highest BCUT2D eigenvalue weighted by Crippen LogP contribution is 2.17. The number of nitrogens with two attached hydrogens (primary N) is 1. The van der Waals surface area contributed by atoms with Crippen LogP contribution in [-0.4, -0.2) is 24.2 Å². The number of hydrogen-bond donors (Lipinski definition) is 3. The van der Waals surface area contributed by atoms with Crippen LogP contribution in [0.1, 0.15) is 58.8 Å². The Kier molecular flexibility index (Phi) is 9.22. The Bertz CT molecular complexity index is 163. The predicted molar refractivity (Wildman–Crippen MR) is 71.4 cm³/mol. The monoisotopic (exact) mass is 247 g/mol. The molecule has 0 fully saturated rings. The molecule has 0 saturated heterocycles. The smallest absolute Gasteiger partial charge is 0.332 e. The molecule has 1 atom stereocenters. The highest BCUT2D eigenvalue weighted by Gasteiger charge is 2.26. The fourth-order valence-electron chi connectivity index (χ4n) is 1.81. The standard InChI is InChI=1S/C12H29NO2Si/c1-3-4-10-16(14,15)11-8-6-5-7-9-12(2)13/h12,14-15H,3-11,13H2,1-2H3. The Morgan fingerprint density at radius 3 is 2.12 bits per heavy atom. The summed E-state index contributed by atoms with van der Waals surface area (Å²) in [6.45, 7) is 4.11. The molecular weight excluding hydrogens is 218 g/mol. The number of unbranched alkanes of at least 4 members (excludes halogenated alkanes) is 4. The second-order valence-corrected chi connectivity index (χ2v) is 7.98. The second kappa shape index (κ2) is 9.16. The Morgan fingerprint density at radius 1 is 1.00 bits per heavy atom. The predicted octanol–water partition coefficient (Wildman–Crippen LogP) is 2.51. The van der Waals surface area contributed by atoms with Crippen LogP contribution >= 0.6 is 0 Å². The average Bonchev–Trinajstić information content (AvgIpc) is 2.20. The van der Waals surface area contributed by atoms with Crippen LogP contribution in [0.2, 0.25) is 12.1 Å². The highest BCUT2D eigenvalue weighted by molar-refractivity contribution is 6.64. The molecule has 0 aromatic rings. The molecule has 0 radical (unpaired) electrons. The van der Waals surface area contributed by atoms with Crippen LogP contribution in [0.15, 0.2) is 0 Å². The van der Waals surface area contributed by atoms with Crippen LogP contribution in [-0.2, 0) is 0 Å². The molecule has 0 aromatic carbocycles. The van der Waals surface area contributed by atoms with Gasteiger partial charge in [-0.3, -0.25) is 0 Å². The summed E-state index contributed by atoms with van der Waals surface area (Å²) in [5, 5.41) is 0. The van der Waals surface area contributed by atoms with E-state index in [0.717, 1.165) is 38.5 Å². The van der Waals surface area contributed by atoms with Gasteiger partial charge in [0.15, 0.2) is 0 Å². The zero-order chi connectivity index (χ0) is 12.4. The summed E-state index contributed by atoms with van der Waals surface area (Å²) in [6, 6.07) is 1.59. The fourth-order valence-corrected chi connectivity index (χ4v) is 3.80. The zero-order valence-electron chi connectivity index (χ0n) is 10.9. The van der Waals surface area contributed by atoms with E-state index in [0.29, 0.717) is 18.1 Å². The lowest BCUT2D eigenvalue weighted by Crippen LogP contribution is -2.33. The molecule has 0 amide bonds. The summed E-state index contributed by atoms with van der Waals surface area (Å²) in [7, 11) is -2.83. The van der Waals surface area contributed by atoms with E-state index in [2.05, 4.69) is 6.92 Å². The van der Waals surface area contributed by atoms with E-state index < -0.39 is 8.56 Å². The minimum Gasteiger partial charge on any atom is -0.411 e. The van der Waals surface area contributed by atoms with Crippen LogP contribution in [0.3, 0.4) is 0 Å². The van der Waals surface area contributed by atoms with Gasteiger partial charge >= 0.3 is 8.56 Å². The van der Waals surface area contributed by atoms with Crippen molar-refractivity contribution in [3.05, 3.63) is 0 Å². The Morgan fingerprint density at radius 2 is 1.56 bits per heavy atom. The maximum Gasteiger partial charge on any atom is 0.332 e. The second-order valence-electron chi connectivity index (χ2n) is 5.02. The van der Waals surface area contributed by atoms with E-state index >= 15 is 0 Å². The number of rotatable bonds is 10. The lowest BCUT2D eigenvalue weighted by atomic mass is 10.1. The van der Waals surface area contributed by atoms with Gasteiger partial charge in [-0.1, -0.05) is 45.4 Å². The van der Waals surface area contributed by atoms with E-state index in [4.69, 9.17) is 5.73 Å². The highest BCUT2D eigenvalue weighted by atomic mass is 28.4. The summed E-state index contributed by atoms with van der Waals surface area (Å²) < 4.78 is 0. The third-order valence-corrected chi connectivity index (χ3v) is 5.23. The summed E-state index contributed by atoms with van der Waals surface area (Å²) in [6.07, 6.45) is 7.47. The molecule has 0 saturated carbocycles. The van der Waals surface area contributed by atoms with Gasteiger partial charge in [-0.05, 0) is 25.4 Å². The van der Waals surface area contributed by atoms with Crippen molar-refractivity contribution in [3.8, 4) is 0 Å². The molecule has 16 heavy (non-hydrogen) atoms. The van der Waals surface area contributed by atoms with Gasteiger partial charge in [0, 0.05) is 6.04 Å². The van der Waals surface area contributed by atoms with Crippen molar-refractivity contribution in [3.63, 3.8) is 0 Å². The third kappa shape index (κ3) is 10.6. The van der Waals surface area contributed by atoms with Crippen molar-refractivity contribution in [2.45, 2.75) is 76.9 Å². The molecule has 98 valence electrons. The van der Waals surface area contributed by atoms with Crippen molar-refractivity contribution in [2.24, 2.45) is 5.73 Å². The first-order valence-corrected chi connectivity index (χ1v) is 8.99. The van der Waals surface area contributed by atoms with Crippen LogP contribution in [0, 0.1) is 0 Å². The Labute approximate surface area is 101 Å². The maximum absolute atomic E-state index is 9.76. The quantitative estimate of drug-likeness (QED) is 0.410. The Hall–Kier alpha value is 0.0969. The van der Waals surface area contributed by atoms with Crippen molar-refractivity contribution in [1.82, 2.24) is 0 Å². The lowest BCUT2D eigenvalue weighted by Gasteiger charge is -2.17. The summed E-state index contributed by atoms with van der Waals surface area (Å²) >= 11 is 0. The molecule has 0 aliphatic heterocycles. The molecule has 3 nitrogen and oxygen atoms in total. The molecule has 4 heteroatoms. The molecule has 0 heterocycles. The molecule has 0 spiro atoms. The third-order valence-electron chi connectivity index (χ3n) is 2.92.